The van der Waals surface area contributed by atoms with Crippen LogP contribution in [0.15, 0.2) is 17.5 Å². The molecule has 4 nitrogen and oxygen atoms in total. The van der Waals surface area contributed by atoms with Crippen molar-refractivity contribution >= 4 is 62.9 Å². The van der Waals surface area contributed by atoms with Crippen LogP contribution in [0.3, 0.4) is 0 Å². The fraction of sp³-hybridized carbons (Fsp3) is 0. The molecule has 2 rings (SSSR count). The van der Waals surface area contributed by atoms with Crippen molar-refractivity contribution in [3.63, 3.8) is 0 Å². The Labute approximate surface area is 122 Å². The van der Waals surface area contributed by atoms with Crippen molar-refractivity contribution in [3.8, 4) is 0 Å². The second-order valence-electron chi connectivity index (χ2n) is 3.27. The van der Waals surface area contributed by atoms with Gasteiger partial charge in [0.15, 0.2) is 5.13 Å². The molecule has 1 aromatic heterocycles. The minimum Gasteiger partial charge on any atom is -0.375 e. The topological polar surface area (TPSA) is 68.0 Å². The van der Waals surface area contributed by atoms with Gasteiger partial charge in [0.25, 0.3) is 5.91 Å². The Balaban J connectivity index is 2.24. The van der Waals surface area contributed by atoms with E-state index in [0.717, 1.165) is 0 Å². The molecule has 1 amide bonds. The molecule has 0 aliphatic heterocycles. The largest absolute Gasteiger partial charge is 0.375 e. The average molecular weight is 323 g/mol. The van der Waals surface area contributed by atoms with Gasteiger partial charge in [0.2, 0.25) is 0 Å². The van der Waals surface area contributed by atoms with Crippen LogP contribution in [0.4, 0.5) is 10.8 Å². The summed E-state index contributed by atoms with van der Waals surface area (Å²) < 4.78 is 0. The number of benzene rings is 1. The number of rotatable bonds is 2. The zero-order valence-electron chi connectivity index (χ0n) is 8.71. The van der Waals surface area contributed by atoms with E-state index in [1.807, 2.05) is 0 Å². The Morgan fingerprint density at radius 3 is 2.50 bits per heavy atom. The fourth-order valence-electron chi connectivity index (χ4n) is 1.20. The third-order valence-corrected chi connectivity index (χ3v) is 3.72. The second-order valence-corrected chi connectivity index (χ2v) is 5.38. The minimum atomic E-state index is -0.414. The number of nitrogens with two attached hydrogens (primary N) is 1. The highest BCUT2D eigenvalue weighted by Gasteiger charge is 2.13. The third kappa shape index (κ3) is 2.87. The van der Waals surface area contributed by atoms with Gasteiger partial charge < -0.3 is 11.1 Å². The number of anilines is 2. The van der Waals surface area contributed by atoms with Gasteiger partial charge in [-0.25, -0.2) is 4.98 Å². The van der Waals surface area contributed by atoms with E-state index in [2.05, 4.69) is 10.3 Å². The molecule has 0 saturated heterocycles. The van der Waals surface area contributed by atoms with Gasteiger partial charge >= 0.3 is 0 Å². The number of carbonyl (C=O) groups is 1. The van der Waals surface area contributed by atoms with Crippen molar-refractivity contribution < 1.29 is 4.79 Å². The molecule has 1 heterocycles. The number of amides is 1. The maximum absolute atomic E-state index is 11.8. The lowest BCUT2D eigenvalue weighted by Gasteiger charge is -2.07. The van der Waals surface area contributed by atoms with Crippen LogP contribution in [0, 0.1) is 0 Å². The summed E-state index contributed by atoms with van der Waals surface area (Å²) in [5.74, 6) is -0.414. The van der Waals surface area contributed by atoms with Crippen LogP contribution in [0.2, 0.25) is 15.1 Å². The molecule has 2 aromatic rings. The molecule has 0 unspecified atom stereocenters. The summed E-state index contributed by atoms with van der Waals surface area (Å²) in [5, 5.41) is 5.36. The van der Waals surface area contributed by atoms with Gasteiger partial charge in [-0.1, -0.05) is 34.8 Å². The van der Waals surface area contributed by atoms with Crippen molar-refractivity contribution in [3.05, 3.63) is 38.3 Å². The van der Waals surface area contributed by atoms with E-state index >= 15 is 0 Å². The number of aromatic nitrogens is 1. The van der Waals surface area contributed by atoms with Gasteiger partial charge in [-0.2, -0.15) is 0 Å². The summed E-state index contributed by atoms with van der Waals surface area (Å²) in [6.45, 7) is 0. The molecule has 0 aliphatic rings. The maximum Gasteiger partial charge on any atom is 0.275 e. The molecule has 0 aliphatic carbocycles. The van der Waals surface area contributed by atoms with Crippen LogP contribution in [0.1, 0.15) is 10.5 Å². The Kier molecular flexibility index (Phi) is 3.97. The number of nitrogen functional groups attached to an aromatic ring is 1. The Bertz CT molecular complexity index is 614. The normalized spacial score (nSPS) is 10.4. The highest BCUT2D eigenvalue weighted by atomic mass is 35.5. The van der Waals surface area contributed by atoms with Crippen molar-refractivity contribution in [1.82, 2.24) is 4.98 Å². The molecular weight excluding hydrogens is 317 g/mol. The first-order valence-corrected chi connectivity index (χ1v) is 6.65. The minimum absolute atomic E-state index is 0.222. The van der Waals surface area contributed by atoms with Gasteiger partial charge in [0, 0.05) is 5.38 Å². The van der Waals surface area contributed by atoms with E-state index in [4.69, 9.17) is 40.5 Å². The van der Waals surface area contributed by atoms with E-state index in [1.165, 1.54) is 23.5 Å². The zero-order valence-corrected chi connectivity index (χ0v) is 11.8. The summed E-state index contributed by atoms with van der Waals surface area (Å²) >= 11 is 18.7. The Hall–Kier alpha value is -1.01. The fourth-order valence-corrected chi connectivity index (χ4v) is 2.33. The molecule has 0 atom stereocenters. The first-order valence-electron chi connectivity index (χ1n) is 4.64. The van der Waals surface area contributed by atoms with E-state index in [9.17, 15) is 4.79 Å². The predicted octanol–water partition coefficient (Wildman–Crippen LogP) is 3.94. The predicted molar refractivity (Wildman–Crippen MR) is 76.0 cm³/mol. The van der Waals surface area contributed by atoms with Gasteiger partial charge in [0.1, 0.15) is 5.69 Å². The number of nitrogens with zero attached hydrogens (tertiary/aromatic N) is 1. The van der Waals surface area contributed by atoms with E-state index in [-0.39, 0.29) is 5.69 Å². The number of thiazole rings is 1. The molecule has 0 bridgehead atoms. The maximum atomic E-state index is 11.8. The van der Waals surface area contributed by atoms with Crippen LogP contribution in [-0.2, 0) is 0 Å². The van der Waals surface area contributed by atoms with E-state index < -0.39 is 5.91 Å². The summed E-state index contributed by atoms with van der Waals surface area (Å²) in [6, 6.07) is 2.93. The smallest absolute Gasteiger partial charge is 0.275 e. The molecule has 1 aromatic carbocycles. The van der Waals surface area contributed by atoms with Crippen molar-refractivity contribution in [2.45, 2.75) is 0 Å². The molecule has 0 spiro atoms. The number of halogens is 3. The van der Waals surface area contributed by atoms with Crippen molar-refractivity contribution in [2.75, 3.05) is 11.1 Å². The summed E-state index contributed by atoms with van der Waals surface area (Å²) in [7, 11) is 0. The van der Waals surface area contributed by atoms with Gasteiger partial charge in [-0.15, -0.1) is 11.3 Å². The summed E-state index contributed by atoms with van der Waals surface area (Å²) in [5.41, 5.74) is 6.03. The molecular formula is C10H6Cl3N3OS. The van der Waals surface area contributed by atoms with Crippen LogP contribution < -0.4 is 11.1 Å². The summed E-state index contributed by atoms with van der Waals surface area (Å²) in [4.78, 5) is 15.7. The molecule has 8 heteroatoms. The van der Waals surface area contributed by atoms with Gasteiger partial charge in [-0.05, 0) is 12.1 Å². The zero-order chi connectivity index (χ0) is 13.3. The van der Waals surface area contributed by atoms with Crippen LogP contribution >= 0.6 is 46.1 Å². The number of carbonyl (C=O) groups excluding carboxylic acids is 1. The van der Waals surface area contributed by atoms with Crippen LogP contribution in [0.5, 0.6) is 0 Å². The molecule has 3 N–H and O–H groups in total. The standard InChI is InChI=1S/C10H6Cl3N3OS/c11-4-1-6(13)7(2-5(4)12)15-9(17)8-3-18-10(14)16-8/h1-3H,(H2,14,16)(H,15,17). The van der Waals surface area contributed by atoms with Crippen molar-refractivity contribution in [1.29, 1.82) is 0 Å². The molecule has 0 radical (unpaired) electrons. The summed E-state index contributed by atoms with van der Waals surface area (Å²) in [6.07, 6.45) is 0. The van der Waals surface area contributed by atoms with Crippen LogP contribution in [0.25, 0.3) is 0 Å². The lowest BCUT2D eigenvalue weighted by molar-refractivity contribution is 0.102. The average Bonchev–Trinajstić information content (AvgIpc) is 2.73. The van der Waals surface area contributed by atoms with Crippen molar-refractivity contribution in [2.24, 2.45) is 0 Å². The van der Waals surface area contributed by atoms with Crippen LogP contribution in [-0.4, -0.2) is 10.9 Å². The molecule has 94 valence electrons. The lowest BCUT2D eigenvalue weighted by atomic mass is 10.3. The first-order chi connectivity index (χ1) is 8.47. The number of hydrogen-bond donors (Lipinski definition) is 2. The Morgan fingerprint density at radius 1 is 1.22 bits per heavy atom. The number of nitrogens with one attached hydrogen (secondary N) is 1. The molecule has 18 heavy (non-hydrogen) atoms. The SMILES string of the molecule is Nc1nc(C(=O)Nc2cc(Cl)c(Cl)cc2Cl)cs1. The van der Waals surface area contributed by atoms with E-state index in [0.29, 0.717) is 25.9 Å². The van der Waals surface area contributed by atoms with Gasteiger partial charge in [0.05, 0.1) is 20.8 Å². The second kappa shape index (κ2) is 5.32. The molecule has 0 saturated carbocycles. The highest BCUT2D eigenvalue weighted by Crippen LogP contribution is 2.32. The first kappa shape index (κ1) is 13.4. The molecule has 0 fully saturated rings. The quantitative estimate of drug-likeness (QED) is 0.823. The highest BCUT2D eigenvalue weighted by molar-refractivity contribution is 7.13. The number of hydrogen-bond acceptors (Lipinski definition) is 4. The monoisotopic (exact) mass is 321 g/mol. The third-order valence-electron chi connectivity index (χ3n) is 2.01. The Morgan fingerprint density at radius 2 is 1.89 bits per heavy atom. The van der Waals surface area contributed by atoms with Gasteiger partial charge in [-0.3, -0.25) is 4.79 Å². The lowest BCUT2D eigenvalue weighted by Crippen LogP contribution is -2.12. The van der Waals surface area contributed by atoms with E-state index in [1.54, 1.807) is 5.38 Å².